The maximum absolute atomic E-state index is 12.0. The SMILES string of the molecule is Cc1cc(C)c(NC(=O)CNC(=O)NCc2ccncc2)c(C)c1. The Kier molecular flexibility index (Phi) is 5.89. The minimum Gasteiger partial charge on any atom is -0.334 e. The normalized spacial score (nSPS) is 10.1. The molecule has 0 atom stereocenters. The van der Waals surface area contributed by atoms with Gasteiger partial charge in [-0.1, -0.05) is 17.7 Å². The molecule has 2 rings (SSSR count). The monoisotopic (exact) mass is 326 g/mol. The zero-order valence-corrected chi connectivity index (χ0v) is 14.1. The van der Waals surface area contributed by atoms with Crippen LogP contribution in [0.15, 0.2) is 36.7 Å². The second-order valence-corrected chi connectivity index (χ2v) is 5.71. The van der Waals surface area contributed by atoms with Crippen molar-refractivity contribution in [2.24, 2.45) is 0 Å². The van der Waals surface area contributed by atoms with Crippen molar-refractivity contribution in [2.75, 3.05) is 11.9 Å². The number of carbonyl (C=O) groups is 2. The maximum atomic E-state index is 12.0. The molecule has 0 fully saturated rings. The number of urea groups is 1. The van der Waals surface area contributed by atoms with Crippen molar-refractivity contribution < 1.29 is 9.59 Å². The Hall–Kier alpha value is -2.89. The fourth-order valence-electron chi connectivity index (χ4n) is 2.47. The van der Waals surface area contributed by atoms with E-state index in [1.165, 1.54) is 0 Å². The van der Waals surface area contributed by atoms with Crippen molar-refractivity contribution in [3.8, 4) is 0 Å². The number of nitrogens with zero attached hydrogens (tertiary/aromatic N) is 1. The summed E-state index contributed by atoms with van der Waals surface area (Å²) in [6, 6.07) is 7.26. The van der Waals surface area contributed by atoms with Crippen LogP contribution in [0.2, 0.25) is 0 Å². The molecule has 6 heteroatoms. The Morgan fingerprint density at radius 2 is 1.62 bits per heavy atom. The smallest absolute Gasteiger partial charge is 0.315 e. The lowest BCUT2D eigenvalue weighted by atomic mass is 10.1. The largest absolute Gasteiger partial charge is 0.334 e. The summed E-state index contributed by atoms with van der Waals surface area (Å²) in [5.41, 5.74) is 4.89. The van der Waals surface area contributed by atoms with E-state index in [-0.39, 0.29) is 18.5 Å². The van der Waals surface area contributed by atoms with Gasteiger partial charge in [0.15, 0.2) is 0 Å². The van der Waals surface area contributed by atoms with Gasteiger partial charge < -0.3 is 16.0 Å². The summed E-state index contributed by atoms with van der Waals surface area (Å²) in [5.74, 6) is -0.260. The van der Waals surface area contributed by atoms with E-state index in [1.54, 1.807) is 12.4 Å². The van der Waals surface area contributed by atoms with Gasteiger partial charge >= 0.3 is 6.03 Å². The summed E-state index contributed by atoms with van der Waals surface area (Å²) in [7, 11) is 0. The van der Waals surface area contributed by atoms with Crippen molar-refractivity contribution in [3.63, 3.8) is 0 Å². The van der Waals surface area contributed by atoms with Crippen molar-refractivity contribution in [3.05, 3.63) is 58.9 Å². The molecule has 3 N–H and O–H groups in total. The van der Waals surface area contributed by atoms with E-state index >= 15 is 0 Å². The number of anilines is 1. The molecule has 1 heterocycles. The third-order valence-corrected chi connectivity index (χ3v) is 3.55. The molecule has 0 saturated carbocycles. The third kappa shape index (κ3) is 5.08. The molecule has 0 aliphatic heterocycles. The lowest BCUT2D eigenvalue weighted by Crippen LogP contribution is -2.39. The predicted octanol–water partition coefficient (Wildman–Crippen LogP) is 2.44. The van der Waals surface area contributed by atoms with Crippen LogP contribution in [0.3, 0.4) is 0 Å². The number of hydrogen-bond acceptors (Lipinski definition) is 3. The molecule has 3 amide bonds. The number of carbonyl (C=O) groups excluding carboxylic acids is 2. The number of aromatic nitrogens is 1. The number of rotatable bonds is 5. The van der Waals surface area contributed by atoms with Crippen molar-refractivity contribution >= 4 is 17.6 Å². The number of amides is 3. The van der Waals surface area contributed by atoms with Gasteiger partial charge in [-0.05, 0) is 49.6 Å². The number of benzene rings is 1. The van der Waals surface area contributed by atoms with Crippen LogP contribution in [-0.2, 0) is 11.3 Å². The topological polar surface area (TPSA) is 83.1 Å². The molecule has 0 radical (unpaired) electrons. The maximum Gasteiger partial charge on any atom is 0.315 e. The number of nitrogens with one attached hydrogen (secondary N) is 3. The lowest BCUT2D eigenvalue weighted by Gasteiger charge is -2.13. The summed E-state index contributed by atoms with van der Waals surface area (Å²) in [6.07, 6.45) is 3.32. The van der Waals surface area contributed by atoms with Crippen LogP contribution in [0, 0.1) is 20.8 Å². The van der Waals surface area contributed by atoms with Crippen LogP contribution in [0.1, 0.15) is 22.3 Å². The van der Waals surface area contributed by atoms with Crippen LogP contribution >= 0.6 is 0 Å². The lowest BCUT2D eigenvalue weighted by molar-refractivity contribution is -0.115. The summed E-state index contributed by atoms with van der Waals surface area (Å²) in [4.78, 5) is 27.7. The van der Waals surface area contributed by atoms with E-state index in [0.29, 0.717) is 6.54 Å². The molecule has 0 bridgehead atoms. The van der Waals surface area contributed by atoms with Gasteiger partial charge in [-0.3, -0.25) is 9.78 Å². The minimum absolute atomic E-state index is 0.0884. The number of pyridine rings is 1. The molecular formula is C18H22N4O2. The van der Waals surface area contributed by atoms with Crippen LogP contribution < -0.4 is 16.0 Å². The predicted molar refractivity (Wildman–Crippen MR) is 93.8 cm³/mol. The Labute approximate surface area is 141 Å². The minimum atomic E-state index is -0.390. The quantitative estimate of drug-likeness (QED) is 0.789. The molecule has 0 spiro atoms. The third-order valence-electron chi connectivity index (χ3n) is 3.55. The van der Waals surface area contributed by atoms with E-state index in [0.717, 1.165) is 27.9 Å². The first kappa shape index (κ1) is 17.5. The molecule has 1 aromatic heterocycles. The second-order valence-electron chi connectivity index (χ2n) is 5.71. The van der Waals surface area contributed by atoms with Gasteiger partial charge in [-0.2, -0.15) is 0 Å². The first-order valence-corrected chi connectivity index (χ1v) is 7.74. The van der Waals surface area contributed by atoms with E-state index < -0.39 is 0 Å². The molecule has 1 aromatic carbocycles. The highest BCUT2D eigenvalue weighted by molar-refractivity contribution is 5.95. The number of hydrogen-bond donors (Lipinski definition) is 3. The van der Waals surface area contributed by atoms with Gasteiger partial charge in [0.25, 0.3) is 0 Å². The average molecular weight is 326 g/mol. The van der Waals surface area contributed by atoms with Crippen LogP contribution in [-0.4, -0.2) is 23.5 Å². The highest BCUT2D eigenvalue weighted by Gasteiger charge is 2.09. The Balaban J connectivity index is 1.80. The first-order valence-electron chi connectivity index (χ1n) is 7.74. The van der Waals surface area contributed by atoms with Crippen LogP contribution in [0.25, 0.3) is 0 Å². The van der Waals surface area contributed by atoms with E-state index in [4.69, 9.17) is 0 Å². The van der Waals surface area contributed by atoms with Gasteiger partial charge in [0.2, 0.25) is 5.91 Å². The highest BCUT2D eigenvalue weighted by atomic mass is 16.2. The first-order chi connectivity index (χ1) is 11.5. The van der Waals surface area contributed by atoms with Crippen LogP contribution in [0.4, 0.5) is 10.5 Å². The Morgan fingerprint density at radius 1 is 1.00 bits per heavy atom. The Bertz CT molecular complexity index is 706. The van der Waals surface area contributed by atoms with Crippen LogP contribution in [0.5, 0.6) is 0 Å². The fraction of sp³-hybridized carbons (Fsp3) is 0.278. The van der Waals surface area contributed by atoms with Gasteiger partial charge in [0, 0.05) is 24.6 Å². The summed E-state index contributed by atoms with van der Waals surface area (Å²) >= 11 is 0. The standard InChI is InChI=1S/C18H22N4O2/c1-12-8-13(2)17(14(3)9-12)22-16(23)11-21-18(24)20-10-15-4-6-19-7-5-15/h4-9H,10-11H2,1-3H3,(H,22,23)(H2,20,21,24). The van der Waals surface area contributed by atoms with E-state index in [1.807, 2.05) is 45.0 Å². The molecule has 0 aliphatic carbocycles. The van der Waals surface area contributed by atoms with Crippen molar-refractivity contribution in [1.82, 2.24) is 15.6 Å². The van der Waals surface area contributed by atoms with Gasteiger partial charge in [0.1, 0.15) is 0 Å². The van der Waals surface area contributed by atoms with Crippen molar-refractivity contribution in [1.29, 1.82) is 0 Å². The van der Waals surface area contributed by atoms with Gasteiger partial charge in [-0.25, -0.2) is 4.79 Å². The average Bonchev–Trinajstić information content (AvgIpc) is 2.55. The highest BCUT2D eigenvalue weighted by Crippen LogP contribution is 2.21. The van der Waals surface area contributed by atoms with Crippen molar-refractivity contribution in [2.45, 2.75) is 27.3 Å². The zero-order chi connectivity index (χ0) is 17.5. The summed E-state index contributed by atoms with van der Waals surface area (Å²) < 4.78 is 0. The van der Waals surface area contributed by atoms with E-state index in [2.05, 4.69) is 20.9 Å². The molecule has 6 nitrogen and oxygen atoms in total. The molecule has 2 aromatic rings. The second kappa shape index (κ2) is 8.10. The van der Waals surface area contributed by atoms with Gasteiger partial charge in [0.05, 0.1) is 6.54 Å². The molecule has 0 aliphatic rings. The summed E-state index contributed by atoms with van der Waals surface area (Å²) in [5, 5.41) is 8.08. The molecule has 0 unspecified atom stereocenters. The number of aryl methyl sites for hydroxylation is 3. The van der Waals surface area contributed by atoms with E-state index in [9.17, 15) is 9.59 Å². The molecule has 0 saturated heterocycles. The zero-order valence-electron chi connectivity index (χ0n) is 14.1. The van der Waals surface area contributed by atoms with Gasteiger partial charge in [-0.15, -0.1) is 0 Å². The summed E-state index contributed by atoms with van der Waals surface area (Å²) in [6.45, 7) is 6.20. The molecule has 126 valence electrons. The molecular weight excluding hydrogens is 304 g/mol. The fourth-order valence-corrected chi connectivity index (χ4v) is 2.47. The Morgan fingerprint density at radius 3 is 2.25 bits per heavy atom. The molecule has 24 heavy (non-hydrogen) atoms.